The third-order valence-corrected chi connectivity index (χ3v) is 3.13. The molecule has 0 saturated carbocycles. The van der Waals surface area contributed by atoms with E-state index in [2.05, 4.69) is 54.3 Å². The Kier molecular flexibility index (Phi) is 3.48. The molecule has 2 rings (SSSR count). The van der Waals surface area contributed by atoms with Gasteiger partial charge < -0.3 is 5.32 Å². The first kappa shape index (κ1) is 12.8. The average molecular weight is 244 g/mol. The summed E-state index contributed by atoms with van der Waals surface area (Å²) in [6.45, 7) is 7.57. The molecule has 1 N–H and O–H groups in total. The quantitative estimate of drug-likeness (QED) is 0.466. The second-order valence-electron chi connectivity index (χ2n) is 6.10. The Labute approximate surface area is 108 Å². The predicted molar refractivity (Wildman–Crippen MR) is 74.6 cm³/mol. The summed E-state index contributed by atoms with van der Waals surface area (Å²) in [4.78, 5) is 2.96. The minimum Gasteiger partial charge on any atom is -0.385 e. The molecule has 0 saturated heterocycles. The van der Waals surface area contributed by atoms with Crippen molar-refractivity contribution in [1.29, 1.82) is 0 Å². The van der Waals surface area contributed by atoms with Gasteiger partial charge in [0.25, 0.3) is 0 Å². The molecule has 1 atom stereocenters. The van der Waals surface area contributed by atoms with E-state index in [1.165, 1.54) is 5.56 Å². The van der Waals surface area contributed by atoms with Gasteiger partial charge in [0.1, 0.15) is 0 Å². The Morgan fingerprint density at radius 3 is 2.89 bits per heavy atom. The number of nitrogens with zero attached hydrogens (tertiary/aromatic N) is 3. The normalized spacial score (nSPS) is 18.5. The summed E-state index contributed by atoms with van der Waals surface area (Å²) in [5, 5.41) is 7.26. The Morgan fingerprint density at radius 1 is 1.44 bits per heavy atom. The number of hydrogen-bond donors (Lipinski definition) is 1. The zero-order valence-corrected chi connectivity index (χ0v) is 11.3. The van der Waals surface area contributed by atoms with Crippen LogP contribution in [0.2, 0.25) is 0 Å². The lowest BCUT2D eigenvalue weighted by Crippen LogP contribution is -2.16. The SMILES string of the molecule is CC(C)(C)Cc1ccc2c(c1)[C@@H](N=[N+]=[N-])CCN2. The summed E-state index contributed by atoms with van der Waals surface area (Å²) in [5.41, 5.74) is 12.5. The first-order valence-corrected chi connectivity index (χ1v) is 6.40. The van der Waals surface area contributed by atoms with Crippen LogP contribution in [-0.2, 0) is 6.42 Å². The summed E-state index contributed by atoms with van der Waals surface area (Å²) < 4.78 is 0. The maximum absolute atomic E-state index is 8.64. The molecule has 0 aliphatic carbocycles. The van der Waals surface area contributed by atoms with Crippen molar-refractivity contribution < 1.29 is 0 Å². The van der Waals surface area contributed by atoms with Crippen molar-refractivity contribution in [3.63, 3.8) is 0 Å². The monoisotopic (exact) mass is 244 g/mol. The molecule has 0 radical (unpaired) electrons. The zero-order valence-electron chi connectivity index (χ0n) is 11.3. The molecule has 0 fully saturated rings. The largest absolute Gasteiger partial charge is 0.385 e. The van der Waals surface area contributed by atoms with Crippen LogP contribution < -0.4 is 5.32 Å². The van der Waals surface area contributed by atoms with Gasteiger partial charge in [-0.25, -0.2) is 0 Å². The standard InChI is InChI=1S/C14H20N4/c1-14(2,3)9-10-4-5-12-11(8-10)13(17-18-15)6-7-16-12/h4-5,8,13,16H,6-7,9H2,1-3H3/t13-/m0/s1. The first-order chi connectivity index (χ1) is 8.49. The maximum atomic E-state index is 8.64. The van der Waals surface area contributed by atoms with Gasteiger partial charge in [0, 0.05) is 17.1 Å². The van der Waals surface area contributed by atoms with Gasteiger partial charge in [-0.3, -0.25) is 0 Å². The number of fused-ring (bicyclic) bond motifs is 1. The predicted octanol–water partition coefficient (Wildman–Crippen LogP) is 4.44. The van der Waals surface area contributed by atoms with Crippen molar-refractivity contribution in [2.75, 3.05) is 11.9 Å². The van der Waals surface area contributed by atoms with Crippen LogP contribution >= 0.6 is 0 Å². The summed E-state index contributed by atoms with van der Waals surface area (Å²) >= 11 is 0. The van der Waals surface area contributed by atoms with Crippen LogP contribution in [0, 0.1) is 5.41 Å². The topological polar surface area (TPSA) is 60.8 Å². The average Bonchev–Trinajstić information content (AvgIpc) is 2.28. The molecular weight excluding hydrogens is 224 g/mol. The van der Waals surface area contributed by atoms with Crippen LogP contribution in [-0.4, -0.2) is 6.54 Å². The lowest BCUT2D eigenvalue weighted by molar-refractivity contribution is 0.411. The molecule has 0 spiro atoms. The van der Waals surface area contributed by atoms with Crippen LogP contribution in [0.1, 0.15) is 44.4 Å². The number of benzene rings is 1. The lowest BCUT2D eigenvalue weighted by atomic mass is 9.86. The molecular formula is C14H20N4. The van der Waals surface area contributed by atoms with E-state index in [0.717, 1.165) is 30.6 Å². The van der Waals surface area contributed by atoms with Gasteiger partial charge in [-0.2, -0.15) is 0 Å². The maximum Gasteiger partial charge on any atom is 0.0662 e. The highest BCUT2D eigenvalue weighted by atomic mass is 15.2. The van der Waals surface area contributed by atoms with Crippen LogP contribution in [0.5, 0.6) is 0 Å². The van der Waals surface area contributed by atoms with Crippen molar-refractivity contribution in [2.24, 2.45) is 10.5 Å². The van der Waals surface area contributed by atoms with Crippen LogP contribution in [0.4, 0.5) is 5.69 Å². The number of anilines is 1. The van der Waals surface area contributed by atoms with E-state index in [1.807, 2.05) is 0 Å². The smallest absolute Gasteiger partial charge is 0.0662 e. The Morgan fingerprint density at radius 2 is 2.22 bits per heavy atom. The van der Waals surface area contributed by atoms with Crippen molar-refractivity contribution in [2.45, 2.75) is 39.7 Å². The highest BCUT2D eigenvalue weighted by molar-refractivity contribution is 5.56. The van der Waals surface area contributed by atoms with Crippen molar-refractivity contribution >= 4 is 5.69 Å². The second kappa shape index (κ2) is 4.91. The van der Waals surface area contributed by atoms with E-state index < -0.39 is 0 Å². The molecule has 1 heterocycles. The fourth-order valence-corrected chi connectivity index (χ4v) is 2.45. The van der Waals surface area contributed by atoms with Gasteiger partial charge in [-0.15, -0.1) is 0 Å². The van der Waals surface area contributed by atoms with Gasteiger partial charge in [-0.1, -0.05) is 38.0 Å². The molecule has 4 nitrogen and oxygen atoms in total. The molecule has 0 unspecified atom stereocenters. The molecule has 4 heteroatoms. The fraction of sp³-hybridized carbons (Fsp3) is 0.571. The summed E-state index contributed by atoms with van der Waals surface area (Å²) in [5.74, 6) is 0. The Hall–Kier alpha value is -1.67. The van der Waals surface area contributed by atoms with Gasteiger partial charge >= 0.3 is 0 Å². The second-order valence-corrected chi connectivity index (χ2v) is 6.10. The summed E-state index contributed by atoms with van der Waals surface area (Å²) in [6, 6.07) is 6.43. The summed E-state index contributed by atoms with van der Waals surface area (Å²) in [6.07, 6.45) is 1.90. The minimum atomic E-state index is -0.0221. The third-order valence-electron chi connectivity index (χ3n) is 3.13. The van der Waals surface area contributed by atoms with E-state index in [4.69, 9.17) is 5.53 Å². The molecule has 96 valence electrons. The van der Waals surface area contributed by atoms with Crippen molar-refractivity contribution in [1.82, 2.24) is 0 Å². The van der Waals surface area contributed by atoms with Gasteiger partial charge in [0.05, 0.1) is 6.04 Å². The Bertz CT molecular complexity index is 481. The molecule has 1 aliphatic heterocycles. The van der Waals surface area contributed by atoms with E-state index in [0.29, 0.717) is 0 Å². The molecule has 1 aromatic rings. The van der Waals surface area contributed by atoms with Crippen LogP contribution in [0.3, 0.4) is 0 Å². The van der Waals surface area contributed by atoms with Crippen LogP contribution in [0.15, 0.2) is 23.3 Å². The van der Waals surface area contributed by atoms with E-state index in [-0.39, 0.29) is 11.5 Å². The van der Waals surface area contributed by atoms with E-state index in [1.54, 1.807) is 0 Å². The fourth-order valence-electron chi connectivity index (χ4n) is 2.45. The van der Waals surface area contributed by atoms with E-state index in [9.17, 15) is 0 Å². The highest BCUT2D eigenvalue weighted by Gasteiger charge is 2.20. The first-order valence-electron chi connectivity index (χ1n) is 6.40. The van der Waals surface area contributed by atoms with E-state index >= 15 is 0 Å². The lowest BCUT2D eigenvalue weighted by Gasteiger charge is -2.25. The Balaban J connectivity index is 2.33. The summed E-state index contributed by atoms with van der Waals surface area (Å²) in [7, 11) is 0. The number of hydrogen-bond acceptors (Lipinski definition) is 2. The molecule has 18 heavy (non-hydrogen) atoms. The van der Waals surface area contributed by atoms with Gasteiger partial charge in [-0.05, 0) is 41.0 Å². The molecule has 0 bridgehead atoms. The number of azide groups is 1. The number of rotatable bonds is 2. The molecule has 0 amide bonds. The zero-order chi connectivity index (χ0) is 13.2. The molecule has 0 aromatic heterocycles. The van der Waals surface area contributed by atoms with Crippen LogP contribution in [0.25, 0.3) is 10.4 Å². The number of nitrogens with one attached hydrogen (secondary N) is 1. The molecule has 1 aromatic carbocycles. The molecule has 1 aliphatic rings. The van der Waals surface area contributed by atoms with Crippen molar-refractivity contribution in [3.05, 3.63) is 39.8 Å². The van der Waals surface area contributed by atoms with Gasteiger partial charge in [0.2, 0.25) is 0 Å². The van der Waals surface area contributed by atoms with Gasteiger partial charge in [0.15, 0.2) is 0 Å². The minimum absolute atomic E-state index is 0.0221. The van der Waals surface area contributed by atoms with Crippen molar-refractivity contribution in [3.8, 4) is 0 Å². The highest BCUT2D eigenvalue weighted by Crippen LogP contribution is 2.34. The third kappa shape index (κ3) is 2.96.